The van der Waals surface area contributed by atoms with Gasteiger partial charge in [0.2, 0.25) is 5.91 Å². The molecule has 1 aliphatic rings. The molecule has 6 nitrogen and oxygen atoms in total. The molecule has 1 unspecified atom stereocenters. The van der Waals surface area contributed by atoms with Crippen LogP contribution in [-0.2, 0) is 4.79 Å². The second kappa shape index (κ2) is 5.42. The lowest BCUT2D eigenvalue weighted by Crippen LogP contribution is -2.48. The van der Waals surface area contributed by atoms with Gasteiger partial charge in [-0.2, -0.15) is 5.10 Å². The number of hydrogen-bond donors (Lipinski definition) is 3. The first-order valence-corrected chi connectivity index (χ1v) is 6.71. The smallest absolute Gasteiger partial charge is 0.227 e. The van der Waals surface area contributed by atoms with Gasteiger partial charge in [0, 0.05) is 17.2 Å². The van der Waals surface area contributed by atoms with E-state index in [-0.39, 0.29) is 11.8 Å². The van der Waals surface area contributed by atoms with Crippen molar-refractivity contribution in [2.75, 3.05) is 18.4 Å². The molecule has 1 aliphatic heterocycles. The summed E-state index contributed by atoms with van der Waals surface area (Å²) >= 11 is 0. The highest BCUT2D eigenvalue weighted by atomic mass is 16.1. The van der Waals surface area contributed by atoms with Gasteiger partial charge in [0.05, 0.1) is 0 Å². The normalized spacial score (nSPS) is 16.4. The molecule has 3 N–H and O–H groups in total. The summed E-state index contributed by atoms with van der Waals surface area (Å²) in [5.41, 5.74) is 1.68. The first-order chi connectivity index (χ1) is 9.74. The first-order valence-electron chi connectivity index (χ1n) is 6.71. The van der Waals surface area contributed by atoms with Crippen molar-refractivity contribution in [3.8, 4) is 11.4 Å². The molecule has 0 saturated carbocycles. The van der Waals surface area contributed by atoms with Crippen molar-refractivity contribution in [1.82, 2.24) is 20.5 Å². The van der Waals surface area contributed by atoms with E-state index < -0.39 is 0 Å². The van der Waals surface area contributed by atoms with Crippen LogP contribution in [0.15, 0.2) is 30.6 Å². The number of benzene rings is 1. The molecule has 3 rings (SSSR count). The van der Waals surface area contributed by atoms with E-state index in [4.69, 9.17) is 0 Å². The van der Waals surface area contributed by atoms with Crippen molar-refractivity contribution >= 4 is 11.6 Å². The van der Waals surface area contributed by atoms with Crippen molar-refractivity contribution in [1.29, 1.82) is 0 Å². The molecule has 1 saturated heterocycles. The molecule has 20 heavy (non-hydrogen) atoms. The molecular formula is C14H17N5O. The highest BCUT2D eigenvalue weighted by Crippen LogP contribution is 2.21. The van der Waals surface area contributed by atoms with Crippen LogP contribution in [0.3, 0.4) is 0 Å². The van der Waals surface area contributed by atoms with Crippen molar-refractivity contribution in [3.63, 3.8) is 0 Å². The molecular weight excluding hydrogens is 254 g/mol. The molecule has 6 heteroatoms. The third-order valence-electron chi connectivity index (χ3n) is 3.75. The second-order valence-electron chi connectivity index (χ2n) is 5.11. The fraction of sp³-hybridized carbons (Fsp3) is 0.357. The van der Waals surface area contributed by atoms with Gasteiger partial charge in [0.25, 0.3) is 0 Å². The predicted molar refractivity (Wildman–Crippen MR) is 76.0 cm³/mol. The minimum atomic E-state index is 0.0187. The quantitative estimate of drug-likeness (QED) is 0.782. The van der Waals surface area contributed by atoms with E-state index in [1.54, 1.807) is 0 Å². The summed E-state index contributed by atoms with van der Waals surface area (Å²) in [4.78, 5) is 16.3. The standard InChI is InChI=1S/C14H17N5O/c1-9(11-6-15-7-11)14(20)18-12-4-2-3-10(5-12)13-16-8-17-19-13/h2-5,8-9,11,15H,6-7H2,1H3,(H,18,20)(H,16,17,19). The lowest BCUT2D eigenvalue weighted by molar-refractivity contribution is -0.121. The third kappa shape index (κ3) is 2.55. The van der Waals surface area contributed by atoms with Crippen LogP contribution in [0.1, 0.15) is 6.92 Å². The minimum absolute atomic E-state index is 0.0187. The number of nitrogens with zero attached hydrogens (tertiary/aromatic N) is 2. The third-order valence-corrected chi connectivity index (χ3v) is 3.75. The van der Waals surface area contributed by atoms with Crippen LogP contribution in [0.25, 0.3) is 11.4 Å². The molecule has 2 aromatic rings. The number of nitrogens with one attached hydrogen (secondary N) is 3. The number of aromatic amines is 1. The average Bonchev–Trinajstić information content (AvgIpc) is 2.90. The molecule has 0 spiro atoms. The van der Waals surface area contributed by atoms with Gasteiger partial charge < -0.3 is 10.6 Å². The predicted octanol–water partition coefficient (Wildman–Crippen LogP) is 1.27. The largest absolute Gasteiger partial charge is 0.326 e. The van der Waals surface area contributed by atoms with Crippen molar-refractivity contribution in [2.45, 2.75) is 6.92 Å². The Hall–Kier alpha value is -2.21. The summed E-state index contributed by atoms with van der Waals surface area (Å²) in [5.74, 6) is 1.21. The van der Waals surface area contributed by atoms with Gasteiger partial charge >= 0.3 is 0 Å². The van der Waals surface area contributed by atoms with E-state index in [2.05, 4.69) is 25.8 Å². The van der Waals surface area contributed by atoms with Gasteiger partial charge in [-0.3, -0.25) is 9.89 Å². The van der Waals surface area contributed by atoms with Gasteiger partial charge in [-0.15, -0.1) is 0 Å². The second-order valence-corrected chi connectivity index (χ2v) is 5.11. The summed E-state index contributed by atoms with van der Waals surface area (Å²) in [5, 5.41) is 12.8. The Bertz CT molecular complexity index is 591. The Balaban J connectivity index is 1.71. The van der Waals surface area contributed by atoms with Crippen LogP contribution in [0.5, 0.6) is 0 Å². The van der Waals surface area contributed by atoms with Gasteiger partial charge in [0.15, 0.2) is 5.82 Å². The van der Waals surface area contributed by atoms with E-state index in [1.165, 1.54) is 6.33 Å². The number of amides is 1. The van der Waals surface area contributed by atoms with E-state index in [0.29, 0.717) is 11.7 Å². The Morgan fingerprint density at radius 3 is 2.95 bits per heavy atom. The highest BCUT2D eigenvalue weighted by Gasteiger charge is 2.28. The Morgan fingerprint density at radius 1 is 1.45 bits per heavy atom. The Labute approximate surface area is 117 Å². The molecule has 1 atom stereocenters. The van der Waals surface area contributed by atoms with Crippen LogP contribution in [-0.4, -0.2) is 34.2 Å². The SMILES string of the molecule is CC(C(=O)Nc1cccc(-c2ncn[nH]2)c1)C1CNC1. The van der Waals surface area contributed by atoms with Crippen LogP contribution in [0, 0.1) is 11.8 Å². The highest BCUT2D eigenvalue weighted by molar-refractivity contribution is 5.93. The van der Waals surface area contributed by atoms with Crippen LogP contribution >= 0.6 is 0 Å². The number of carbonyl (C=O) groups is 1. The monoisotopic (exact) mass is 271 g/mol. The summed E-state index contributed by atoms with van der Waals surface area (Å²) in [6, 6.07) is 7.59. The minimum Gasteiger partial charge on any atom is -0.326 e. The fourth-order valence-electron chi connectivity index (χ4n) is 2.22. The van der Waals surface area contributed by atoms with E-state index in [0.717, 1.165) is 24.3 Å². The maximum Gasteiger partial charge on any atom is 0.227 e. The van der Waals surface area contributed by atoms with Crippen LogP contribution in [0.2, 0.25) is 0 Å². The zero-order chi connectivity index (χ0) is 13.9. The Kier molecular flexibility index (Phi) is 3.47. The topological polar surface area (TPSA) is 82.7 Å². The van der Waals surface area contributed by atoms with Gasteiger partial charge in [-0.25, -0.2) is 4.98 Å². The van der Waals surface area contributed by atoms with Crippen LogP contribution in [0.4, 0.5) is 5.69 Å². The number of H-pyrrole nitrogens is 1. The summed E-state index contributed by atoms with van der Waals surface area (Å²) in [7, 11) is 0. The molecule has 1 amide bonds. The van der Waals surface area contributed by atoms with E-state index >= 15 is 0 Å². The number of rotatable bonds is 4. The van der Waals surface area contributed by atoms with Crippen molar-refractivity contribution < 1.29 is 4.79 Å². The van der Waals surface area contributed by atoms with Gasteiger partial charge in [-0.1, -0.05) is 19.1 Å². The van der Waals surface area contributed by atoms with Crippen molar-refractivity contribution in [2.24, 2.45) is 11.8 Å². The van der Waals surface area contributed by atoms with Gasteiger partial charge in [-0.05, 0) is 31.1 Å². The molecule has 2 heterocycles. The fourth-order valence-corrected chi connectivity index (χ4v) is 2.22. The summed E-state index contributed by atoms with van der Waals surface area (Å²) in [6.45, 7) is 3.82. The average molecular weight is 271 g/mol. The lowest BCUT2D eigenvalue weighted by atomic mass is 9.88. The Morgan fingerprint density at radius 2 is 2.30 bits per heavy atom. The zero-order valence-electron chi connectivity index (χ0n) is 11.3. The molecule has 0 aliphatic carbocycles. The van der Waals surface area contributed by atoms with E-state index in [9.17, 15) is 4.79 Å². The number of hydrogen-bond acceptors (Lipinski definition) is 4. The van der Waals surface area contributed by atoms with Crippen molar-refractivity contribution in [3.05, 3.63) is 30.6 Å². The number of carbonyl (C=O) groups excluding carboxylic acids is 1. The summed E-state index contributed by atoms with van der Waals surface area (Å²) < 4.78 is 0. The van der Waals surface area contributed by atoms with Crippen LogP contribution < -0.4 is 10.6 Å². The van der Waals surface area contributed by atoms with Gasteiger partial charge in [0.1, 0.15) is 6.33 Å². The molecule has 0 bridgehead atoms. The maximum absolute atomic E-state index is 12.2. The molecule has 1 aromatic carbocycles. The first kappa shape index (κ1) is 12.8. The maximum atomic E-state index is 12.2. The number of anilines is 1. The molecule has 0 radical (unpaired) electrons. The lowest BCUT2D eigenvalue weighted by Gasteiger charge is -2.31. The zero-order valence-corrected chi connectivity index (χ0v) is 11.3. The van der Waals surface area contributed by atoms with E-state index in [1.807, 2.05) is 31.2 Å². The summed E-state index contributed by atoms with van der Waals surface area (Å²) in [6.07, 6.45) is 1.46. The molecule has 1 aromatic heterocycles. The molecule has 1 fully saturated rings. The number of aromatic nitrogens is 3. The molecule has 104 valence electrons.